The number of benzene rings is 2. The Bertz CT molecular complexity index is 897. The Morgan fingerprint density at radius 3 is 2.50 bits per heavy atom. The van der Waals surface area contributed by atoms with Crippen LogP contribution in [0.25, 0.3) is 6.08 Å². The number of hydrogen-bond acceptors (Lipinski definition) is 6. The number of non-ortho nitro benzene ring substituents is 1. The third-order valence-electron chi connectivity index (χ3n) is 3.39. The molecule has 132 valence electrons. The molecular formula is C18H14N2O6. The highest BCUT2D eigenvalue weighted by Gasteiger charge is 2.10. The predicted molar refractivity (Wildman–Crippen MR) is 91.6 cm³/mol. The van der Waals surface area contributed by atoms with Crippen LogP contribution in [0.2, 0.25) is 0 Å². The van der Waals surface area contributed by atoms with Gasteiger partial charge in [-0.25, -0.2) is 4.79 Å². The molecule has 2 aromatic carbocycles. The molecule has 0 spiro atoms. The average molecular weight is 354 g/mol. The number of nitrogens with zero attached hydrogens (tertiary/aromatic N) is 2. The Balaban J connectivity index is 2.16. The maximum atomic E-state index is 10.9. The van der Waals surface area contributed by atoms with Crippen LogP contribution in [0.5, 0.6) is 11.5 Å². The molecule has 0 saturated heterocycles. The molecule has 0 aliphatic heterocycles. The van der Waals surface area contributed by atoms with Gasteiger partial charge in [0.1, 0.15) is 18.2 Å². The monoisotopic (exact) mass is 354 g/mol. The van der Waals surface area contributed by atoms with Gasteiger partial charge >= 0.3 is 5.97 Å². The lowest BCUT2D eigenvalue weighted by Crippen LogP contribution is -1.99. The summed E-state index contributed by atoms with van der Waals surface area (Å²) in [5.41, 5.74) is 0.809. The van der Waals surface area contributed by atoms with E-state index in [1.807, 2.05) is 0 Å². The van der Waals surface area contributed by atoms with Crippen molar-refractivity contribution in [2.24, 2.45) is 0 Å². The van der Waals surface area contributed by atoms with Gasteiger partial charge in [0, 0.05) is 12.1 Å². The van der Waals surface area contributed by atoms with Crippen molar-refractivity contribution in [1.29, 1.82) is 5.26 Å². The van der Waals surface area contributed by atoms with Gasteiger partial charge in [0.2, 0.25) is 0 Å². The quantitative estimate of drug-likeness (QED) is 0.350. The average Bonchev–Trinajstić information content (AvgIpc) is 2.64. The van der Waals surface area contributed by atoms with Gasteiger partial charge in [-0.3, -0.25) is 10.1 Å². The van der Waals surface area contributed by atoms with Crippen molar-refractivity contribution < 1.29 is 24.3 Å². The van der Waals surface area contributed by atoms with Crippen LogP contribution in [-0.4, -0.2) is 23.1 Å². The zero-order chi connectivity index (χ0) is 19.1. The fourth-order valence-corrected chi connectivity index (χ4v) is 2.08. The molecule has 0 fully saturated rings. The van der Waals surface area contributed by atoms with Gasteiger partial charge in [-0.05, 0) is 41.5 Å². The Morgan fingerprint density at radius 1 is 1.27 bits per heavy atom. The number of carbonyl (C=O) groups is 1. The first-order valence-electron chi connectivity index (χ1n) is 7.34. The highest BCUT2D eigenvalue weighted by atomic mass is 16.6. The van der Waals surface area contributed by atoms with E-state index in [0.717, 1.165) is 5.56 Å². The molecule has 0 unspecified atom stereocenters. The van der Waals surface area contributed by atoms with Gasteiger partial charge < -0.3 is 14.6 Å². The Labute approximate surface area is 148 Å². The number of methoxy groups -OCH3 is 1. The fourth-order valence-electron chi connectivity index (χ4n) is 2.08. The van der Waals surface area contributed by atoms with Crippen LogP contribution in [0.1, 0.15) is 11.1 Å². The molecule has 2 aromatic rings. The second-order valence-electron chi connectivity index (χ2n) is 5.10. The smallest absolute Gasteiger partial charge is 0.346 e. The summed E-state index contributed by atoms with van der Waals surface area (Å²) < 4.78 is 10.9. The molecule has 0 aromatic heterocycles. The summed E-state index contributed by atoms with van der Waals surface area (Å²) in [6, 6.07) is 12.3. The van der Waals surface area contributed by atoms with E-state index in [1.165, 1.54) is 25.3 Å². The van der Waals surface area contributed by atoms with Gasteiger partial charge in [-0.1, -0.05) is 6.07 Å². The molecule has 0 amide bonds. The molecule has 0 heterocycles. The van der Waals surface area contributed by atoms with Crippen LogP contribution in [0, 0.1) is 21.4 Å². The Hall–Kier alpha value is -3.86. The summed E-state index contributed by atoms with van der Waals surface area (Å²) in [7, 11) is 1.43. The summed E-state index contributed by atoms with van der Waals surface area (Å²) in [5, 5.41) is 28.3. The minimum atomic E-state index is -1.31. The molecule has 8 heteroatoms. The van der Waals surface area contributed by atoms with Crippen molar-refractivity contribution in [3.63, 3.8) is 0 Å². The number of nitro benzene ring substituents is 1. The van der Waals surface area contributed by atoms with E-state index >= 15 is 0 Å². The molecule has 26 heavy (non-hydrogen) atoms. The molecule has 2 rings (SSSR count). The third-order valence-corrected chi connectivity index (χ3v) is 3.39. The van der Waals surface area contributed by atoms with E-state index in [-0.39, 0.29) is 12.3 Å². The number of ether oxygens (including phenoxy) is 2. The minimum absolute atomic E-state index is 0.00537. The van der Waals surface area contributed by atoms with Crippen molar-refractivity contribution in [2.75, 3.05) is 7.11 Å². The predicted octanol–water partition coefficient (Wildman–Crippen LogP) is 3.17. The maximum absolute atomic E-state index is 10.9. The number of rotatable bonds is 7. The number of hydrogen-bond donors (Lipinski definition) is 1. The van der Waals surface area contributed by atoms with Gasteiger partial charge in [-0.2, -0.15) is 5.26 Å². The number of nitro groups is 1. The van der Waals surface area contributed by atoms with E-state index in [1.54, 1.807) is 36.4 Å². The lowest BCUT2D eigenvalue weighted by Gasteiger charge is -2.11. The molecule has 0 atom stereocenters. The van der Waals surface area contributed by atoms with Crippen LogP contribution in [0.4, 0.5) is 5.69 Å². The lowest BCUT2D eigenvalue weighted by molar-refractivity contribution is -0.384. The second kappa shape index (κ2) is 8.30. The second-order valence-corrected chi connectivity index (χ2v) is 5.10. The molecule has 8 nitrogen and oxygen atoms in total. The summed E-state index contributed by atoms with van der Waals surface area (Å²) >= 11 is 0. The normalized spacial score (nSPS) is 10.7. The molecule has 0 saturated carbocycles. The van der Waals surface area contributed by atoms with E-state index in [2.05, 4.69) is 0 Å². The topological polar surface area (TPSA) is 123 Å². The van der Waals surface area contributed by atoms with Crippen LogP contribution < -0.4 is 9.47 Å². The molecule has 0 aliphatic carbocycles. The Kier molecular flexibility index (Phi) is 5.90. The van der Waals surface area contributed by atoms with E-state index < -0.39 is 16.5 Å². The van der Waals surface area contributed by atoms with Crippen LogP contribution in [-0.2, 0) is 11.4 Å². The fraction of sp³-hybridized carbons (Fsp3) is 0.111. The molecule has 0 bridgehead atoms. The van der Waals surface area contributed by atoms with Crippen molar-refractivity contribution in [3.05, 3.63) is 69.3 Å². The van der Waals surface area contributed by atoms with Crippen LogP contribution in [0.3, 0.4) is 0 Å². The van der Waals surface area contributed by atoms with Crippen molar-refractivity contribution >= 4 is 17.7 Å². The van der Waals surface area contributed by atoms with Crippen LogP contribution in [0.15, 0.2) is 48.0 Å². The summed E-state index contributed by atoms with van der Waals surface area (Å²) in [4.78, 5) is 21.1. The highest BCUT2D eigenvalue weighted by Crippen LogP contribution is 2.29. The summed E-state index contributed by atoms with van der Waals surface area (Å²) in [6.07, 6.45) is 1.23. The van der Waals surface area contributed by atoms with E-state index in [0.29, 0.717) is 17.1 Å². The first-order valence-corrected chi connectivity index (χ1v) is 7.34. The van der Waals surface area contributed by atoms with Gasteiger partial charge in [0.15, 0.2) is 11.5 Å². The van der Waals surface area contributed by atoms with Crippen molar-refractivity contribution in [1.82, 2.24) is 0 Å². The number of carboxylic acid groups (broad SMARTS) is 1. The standard InChI is InChI=1S/C18H14N2O6/c1-25-17-9-13(8-14(10-19)18(21)22)4-7-16(17)26-11-12-2-5-15(6-3-12)20(23)24/h2-9H,11H2,1H3,(H,21,22). The highest BCUT2D eigenvalue weighted by molar-refractivity contribution is 5.96. The minimum Gasteiger partial charge on any atom is -0.493 e. The largest absolute Gasteiger partial charge is 0.493 e. The van der Waals surface area contributed by atoms with Crippen molar-refractivity contribution in [3.8, 4) is 17.6 Å². The number of aliphatic carboxylic acids is 1. The van der Waals surface area contributed by atoms with E-state index in [4.69, 9.17) is 19.8 Å². The maximum Gasteiger partial charge on any atom is 0.346 e. The van der Waals surface area contributed by atoms with Crippen LogP contribution >= 0.6 is 0 Å². The molecular weight excluding hydrogens is 340 g/mol. The SMILES string of the molecule is COc1cc(C=C(C#N)C(=O)O)ccc1OCc1ccc([N+](=O)[O-])cc1. The Morgan fingerprint density at radius 2 is 1.96 bits per heavy atom. The summed E-state index contributed by atoms with van der Waals surface area (Å²) in [6.45, 7) is 0.169. The molecule has 0 radical (unpaired) electrons. The zero-order valence-electron chi connectivity index (χ0n) is 13.7. The zero-order valence-corrected chi connectivity index (χ0v) is 13.7. The summed E-state index contributed by atoms with van der Waals surface area (Å²) in [5.74, 6) is -0.537. The first kappa shape index (κ1) is 18.5. The number of carboxylic acids is 1. The van der Waals surface area contributed by atoms with Gasteiger partial charge in [0.25, 0.3) is 5.69 Å². The van der Waals surface area contributed by atoms with Gasteiger partial charge in [-0.15, -0.1) is 0 Å². The first-order chi connectivity index (χ1) is 12.4. The van der Waals surface area contributed by atoms with Crippen molar-refractivity contribution in [2.45, 2.75) is 6.61 Å². The lowest BCUT2D eigenvalue weighted by atomic mass is 10.1. The third kappa shape index (κ3) is 4.58. The molecule has 0 aliphatic rings. The number of nitriles is 1. The van der Waals surface area contributed by atoms with E-state index in [9.17, 15) is 14.9 Å². The molecule has 1 N–H and O–H groups in total. The van der Waals surface area contributed by atoms with Gasteiger partial charge in [0.05, 0.1) is 12.0 Å².